The second-order valence-electron chi connectivity index (χ2n) is 8.83. The van der Waals surface area contributed by atoms with E-state index in [4.69, 9.17) is 15.7 Å². The van der Waals surface area contributed by atoms with Crippen LogP contribution in [0, 0.1) is 11.3 Å². The van der Waals surface area contributed by atoms with Crippen LogP contribution in [-0.2, 0) is 12.8 Å². The molecule has 0 aromatic heterocycles. The van der Waals surface area contributed by atoms with Gasteiger partial charge in [0.05, 0.1) is 17.7 Å². The Morgan fingerprint density at radius 2 is 1.97 bits per heavy atom. The number of nitriles is 1. The van der Waals surface area contributed by atoms with Gasteiger partial charge in [-0.2, -0.15) is 5.26 Å². The van der Waals surface area contributed by atoms with Gasteiger partial charge in [-0.3, -0.25) is 4.90 Å². The highest BCUT2D eigenvalue weighted by Gasteiger charge is 2.44. The van der Waals surface area contributed by atoms with Crippen LogP contribution >= 0.6 is 0 Å². The summed E-state index contributed by atoms with van der Waals surface area (Å²) >= 11 is 0. The van der Waals surface area contributed by atoms with E-state index in [2.05, 4.69) is 23.1 Å². The minimum Gasteiger partial charge on any atom is -0.487 e. The number of nitrogens with two attached hydrogens (primary N) is 1. The molecule has 5 nitrogen and oxygen atoms in total. The fourth-order valence-corrected chi connectivity index (χ4v) is 5.38. The molecule has 3 N–H and O–H groups in total. The maximum Gasteiger partial charge on any atom is 0.126 e. The van der Waals surface area contributed by atoms with Crippen LogP contribution in [0.25, 0.3) is 0 Å². The second kappa shape index (κ2) is 7.05. The molecule has 29 heavy (non-hydrogen) atoms. The molecule has 0 bridgehead atoms. The Balaban J connectivity index is 1.26. The second-order valence-corrected chi connectivity index (χ2v) is 8.83. The molecule has 5 rings (SSSR count). The normalized spacial score (nSPS) is 25.5. The minimum absolute atomic E-state index is 0.271. The van der Waals surface area contributed by atoms with Crippen LogP contribution in [0.2, 0.25) is 0 Å². The highest BCUT2D eigenvalue weighted by Crippen LogP contribution is 2.45. The number of ether oxygens (including phenoxy) is 1. The molecule has 3 aliphatic rings. The minimum atomic E-state index is -0.510. The van der Waals surface area contributed by atoms with Crippen molar-refractivity contribution in [2.75, 3.05) is 18.8 Å². The molecule has 2 aromatic rings. The lowest BCUT2D eigenvalue weighted by atomic mass is 9.80. The van der Waals surface area contributed by atoms with E-state index in [1.165, 1.54) is 11.1 Å². The fraction of sp³-hybridized carbons (Fsp3) is 0.458. The summed E-state index contributed by atoms with van der Waals surface area (Å²) in [5, 5.41) is 19.8. The first-order valence-electron chi connectivity index (χ1n) is 10.6. The van der Waals surface area contributed by atoms with Crippen molar-refractivity contribution in [1.29, 1.82) is 5.26 Å². The molecule has 150 valence electrons. The molecule has 1 spiro atoms. The molecule has 1 saturated heterocycles. The number of piperidine rings is 1. The van der Waals surface area contributed by atoms with Crippen LogP contribution in [0.4, 0.5) is 5.69 Å². The predicted octanol–water partition coefficient (Wildman–Crippen LogP) is 3.35. The first kappa shape index (κ1) is 18.5. The summed E-state index contributed by atoms with van der Waals surface area (Å²) in [6.07, 6.45) is 5.24. The van der Waals surface area contributed by atoms with Crippen LogP contribution in [0.3, 0.4) is 0 Å². The van der Waals surface area contributed by atoms with E-state index in [1.807, 2.05) is 24.3 Å². The van der Waals surface area contributed by atoms with Crippen molar-refractivity contribution in [3.8, 4) is 11.8 Å². The summed E-state index contributed by atoms with van der Waals surface area (Å²) in [7, 11) is 0. The zero-order chi connectivity index (χ0) is 20.0. The molecular formula is C24H27N3O2. The number of benzene rings is 2. The van der Waals surface area contributed by atoms with Crippen molar-refractivity contribution in [2.45, 2.75) is 56.3 Å². The number of aryl methyl sites for hydroxylation is 1. The summed E-state index contributed by atoms with van der Waals surface area (Å²) in [6, 6.07) is 14.5. The number of nitrogens with zero attached hydrogens (tertiary/aromatic N) is 2. The highest BCUT2D eigenvalue weighted by atomic mass is 16.5. The van der Waals surface area contributed by atoms with Crippen molar-refractivity contribution >= 4 is 5.69 Å². The Hall–Kier alpha value is -2.55. The van der Waals surface area contributed by atoms with Gasteiger partial charge in [-0.25, -0.2) is 0 Å². The highest BCUT2D eigenvalue weighted by molar-refractivity contribution is 5.50. The summed E-state index contributed by atoms with van der Waals surface area (Å²) in [5.41, 5.74) is 10.6. The molecule has 1 fully saturated rings. The Bertz CT molecular complexity index is 973. The largest absolute Gasteiger partial charge is 0.487 e. The van der Waals surface area contributed by atoms with E-state index < -0.39 is 6.10 Å². The third kappa shape index (κ3) is 3.37. The molecule has 5 heteroatoms. The number of aliphatic hydroxyl groups is 1. The molecule has 2 aliphatic heterocycles. The molecule has 0 unspecified atom stereocenters. The van der Waals surface area contributed by atoms with Gasteiger partial charge in [-0.05, 0) is 73.6 Å². The number of nitrogen functional groups attached to an aromatic ring is 1. The standard InChI is InChI=1S/C24H27N3O2/c25-15-16-1-2-18-12-20(5-3-17(18)11-16)27-9-7-24(8-10-27)14-22(28)21-13-19(26)4-6-23(21)29-24/h1-2,4,6,11,13,20,22,28H,3,5,7-10,12,14,26H2/t20-,22-/m1/s1. The van der Waals surface area contributed by atoms with E-state index >= 15 is 0 Å². The first-order chi connectivity index (χ1) is 14.0. The number of rotatable bonds is 1. The van der Waals surface area contributed by atoms with E-state index in [-0.39, 0.29) is 5.60 Å². The quantitative estimate of drug-likeness (QED) is 0.731. The summed E-state index contributed by atoms with van der Waals surface area (Å²) in [6.45, 7) is 1.99. The lowest BCUT2D eigenvalue weighted by molar-refractivity contribution is -0.0608. The number of likely N-dealkylation sites (tertiary alicyclic amines) is 1. The average Bonchev–Trinajstić information content (AvgIpc) is 2.74. The van der Waals surface area contributed by atoms with Gasteiger partial charge in [0, 0.05) is 36.8 Å². The van der Waals surface area contributed by atoms with Crippen molar-refractivity contribution in [3.05, 3.63) is 58.7 Å². The van der Waals surface area contributed by atoms with Gasteiger partial charge in [0.2, 0.25) is 0 Å². The van der Waals surface area contributed by atoms with Gasteiger partial charge in [0.15, 0.2) is 0 Å². The maximum atomic E-state index is 10.7. The zero-order valence-electron chi connectivity index (χ0n) is 16.6. The summed E-state index contributed by atoms with van der Waals surface area (Å²) in [4.78, 5) is 2.60. The van der Waals surface area contributed by atoms with Gasteiger partial charge < -0.3 is 15.6 Å². The average molecular weight is 389 g/mol. The molecule has 2 atom stereocenters. The molecule has 0 amide bonds. The molecule has 2 aromatic carbocycles. The molecule has 0 saturated carbocycles. The number of hydrogen-bond acceptors (Lipinski definition) is 5. The van der Waals surface area contributed by atoms with E-state index in [1.54, 1.807) is 0 Å². The van der Waals surface area contributed by atoms with Crippen molar-refractivity contribution in [2.24, 2.45) is 0 Å². The number of fused-ring (bicyclic) bond motifs is 2. The number of anilines is 1. The third-order valence-corrected chi connectivity index (χ3v) is 7.05. The van der Waals surface area contributed by atoms with Crippen LogP contribution in [0.5, 0.6) is 5.75 Å². The third-order valence-electron chi connectivity index (χ3n) is 7.05. The monoisotopic (exact) mass is 389 g/mol. The van der Waals surface area contributed by atoms with Crippen molar-refractivity contribution in [3.63, 3.8) is 0 Å². The summed E-state index contributed by atoms with van der Waals surface area (Å²) in [5.74, 6) is 0.784. The SMILES string of the molecule is N#Cc1ccc2c(c1)CC[C@@H](N1CCC3(CC1)C[C@@H](O)c1cc(N)ccc1O3)C2. The summed E-state index contributed by atoms with van der Waals surface area (Å²) < 4.78 is 6.43. The van der Waals surface area contributed by atoms with Crippen molar-refractivity contribution < 1.29 is 9.84 Å². The lowest BCUT2D eigenvalue weighted by Gasteiger charge is -2.48. The van der Waals surface area contributed by atoms with Crippen LogP contribution in [0.15, 0.2) is 36.4 Å². The lowest BCUT2D eigenvalue weighted by Crippen LogP contribution is -2.53. The molecule has 2 heterocycles. The molecule has 0 radical (unpaired) electrons. The van der Waals surface area contributed by atoms with Gasteiger partial charge in [-0.1, -0.05) is 6.07 Å². The van der Waals surface area contributed by atoms with Crippen LogP contribution in [0.1, 0.15) is 54.0 Å². The number of aliphatic hydroxyl groups excluding tert-OH is 1. The Morgan fingerprint density at radius 1 is 1.14 bits per heavy atom. The van der Waals surface area contributed by atoms with Gasteiger partial charge in [-0.15, -0.1) is 0 Å². The first-order valence-corrected chi connectivity index (χ1v) is 10.6. The van der Waals surface area contributed by atoms with Gasteiger partial charge in [0.25, 0.3) is 0 Å². The molecular weight excluding hydrogens is 362 g/mol. The van der Waals surface area contributed by atoms with E-state index in [9.17, 15) is 5.11 Å². The predicted molar refractivity (Wildman–Crippen MR) is 112 cm³/mol. The maximum absolute atomic E-state index is 10.7. The van der Waals surface area contributed by atoms with E-state index in [0.29, 0.717) is 18.2 Å². The van der Waals surface area contributed by atoms with Crippen LogP contribution < -0.4 is 10.5 Å². The Labute approximate surface area is 171 Å². The van der Waals surface area contributed by atoms with Crippen LogP contribution in [-0.4, -0.2) is 34.7 Å². The van der Waals surface area contributed by atoms with E-state index in [0.717, 1.165) is 62.1 Å². The number of hydrogen-bond donors (Lipinski definition) is 2. The van der Waals surface area contributed by atoms with Gasteiger partial charge >= 0.3 is 0 Å². The Morgan fingerprint density at radius 3 is 2.76 bits per heavy atom. The molecule has 1 aliphatic carbocycles. The fourth-order valence-electron chi connectivity index (χ4n) is 5.38. The van der Waals surface area contributed by atoms with Gasteiger partial charge in [0.1, 0.15) is 11.4 Å². The zero-order valence-corrected chi connectivity index (χ0v) is 16.6. The smallest absolute Gasteiger partial charge is 0.126 e. The Kier molecular flexibility index (Phi) is 4.49. The topological polar surface area (TPSA) is 82.5 Å². The van der Waals surface area contributed by atoms with Crippen molar-refractivity contribution in [1.82, 2.24) is 4.90 Å².